The number of anilines is 1. The van der Waals surface area contributed by atoms with Crippen molar-refractivity contribution < 1.29 is 19.1 Å². The Bertz CT molecular complexity index is 572. The fourth-order valence-electron chi connectivity index (χ4n) is 1.77. The van der Waals surface area contributed by atoms with Crippen LogP contribution in [-0.4, -0.2) is 17.2 Å². The molecule has 0 radical (unpaired) electrons. The number of ether oxygens (including phenoxy) is 1. The summed E-state index contributed by atoms with van der Waals surface area (Å²) >= 11 is 0. The lowest BCUT2D eigenvalue weighted by Crippen LogP contribution is -2.06. The molecule has 1 aromatic heterocycles. The van der Waals surface area contributed by atoms with Crippen LogP contribution < -0.4 is 10.1 Å². The number of carbonyl (C=O) groups is 1. The maximum absolute atomic E-state index is 10.9. The molecule has 0 saturated heterocycles. The van der Waals surface area contributed by atoms with Crippen molar-refractivity contribution >= 4 is 11.7 Å². The van der Waals surface area contributed by atoms with E-state index in [4.69, 9.17) is 14.3 Å². The van der Waals surface area contributed by atoms with Gasteiger partial charge in [-0.05, 0) is 44.2 Å². The highest BCUT2D eigenvalue weighted by atomic mass is 16.5. The van der Waals surface area contributed by atoms with Gasteiger partial charge in [-0.2, -0.15) is 0 Å². The van der Waals surface area contributed by atoms with E-state index in [0.717, 1.165) is 11.4 Å². The van der Waals surface area contributed by atoms with Crippen LogP contribution in [0.3, 0.4) is 0 Å². The average molecular weight is 275 g/mol. The van der Waals surface area contributed by atoms with Crippen LogP contribution >= 0.6 is 0 Å². The van der Waals surface area contributed by atoms with Crippen LogP contribution in [0.25, 0.3) is 0 Å². The molecule has 2 aromatic rings. The van der Waals surface area contributed by atoms with Crippen LogP contribution in [0.1, 0.15) is 30.0 Å². The number of hydrogen-bond acceptors (Lipinski definition) is 4. The fourth-order valence-corrected chi connectivity index (χ4v) is 1.77. The minimum atomic E-state index is -0.990. The smallest absolute Gasteiger partial charge is 0.339 e. The molecule has 2 rings (SSSR count). The quantitative estimate of drug-likeness (QED) is 0.845. The molecule has 0 atom stereocenters. The van der Waals surface area contributed by atoms with Gasteiger partial charge < -0.3 is 19.6 Å². The number of carboxylic acid groups (broad SMARTS) is 1. The number of benzene rings is 1. The van der Waals surface area contributed by atoms with Crippen molar-refractivity contribution in [1.29, 1.82) is 0 Å². The van der Waals surface area contributed by atoms with Gasteiger partial charge in [-0.25, -0.2) is 4.79 Å². The van der Waals surface area contributed by atoms with E-state index in [-0.39, 0.29) is 11.7 Å². The predicted molar refractivity (Wildman–Crippen MR) is 75.2 cm³/mol. The van der Waals surface area contributed by atoms with E-state index in [0.29, 0.717) is 12.3 Å². The predicted octanol–water partition coefficient (Wildman–Crippen LogP) is 3.38. The van der Waals surface area contributed by atoms with E-state index in [1.54, 1.807) is 0 Å². The van der Waals surface area contributed by atoms with Crippen molar-refractivity contribution in [2.45, 2.75) is 26.5 Å². The summed E-state index contributed by atoms with van der Waals surface area (Å²) in [6.07, 6.45) is 1.51. The lowest BCUT2D eigenvalue weighted by Gasteiger charge is -2.10. The summed E-state index contributed by atoms with van der Waals surface area (Å²) in [5.41, 5.74) is 1.05. The summed E-state index contributed by atoms with van der Waals surface area (Å²) in [6.45, 7) is 4.26. The Morgan fingerprint density at radius 1 is 1.30 bits per heavy atom. The van der Waals surface area contributed by atoms with Gasteiger partial charge in [0.25, 0.3) is 0 Å². The SMILES string of the molecule is CC(C)Oc1ccc(NCc2occc2C(=O)O)cc1. The van der Waals surface area contributed by atoms with Crippen molar-refractivity contribution in [3.05, 3.63) is 47.9 Å². The van der Waals surface area contributed by atoms with Crippen LogP contribution in [0.15, 0.2) is 41.0 Å². The maximum Gasteiger partial charge on any atom is 0.339 e. The molecule has 0 aliphatic carbocycles. The first-order chi connectivity index (χ1) is 9.56. The highest BCUT2D eigenvalue weighted by Gasteiger charge is 2.12. The first kappa shape index (κ1) is 14.0. The Kier molecular flexibility index (Phi) is 4.30. The molecule has 106 valence electrons. The molecule has 2 N–H and O–H groups in total. The first-order valence-electron chi connectivity index (χ1n) is 6.36. The molecule has 5 heteroatoms. The zero-order chi connectivity index (χ0) is 14.5. The molecule has 0 aliphatic rings. The van der Waals surface area contributed by atoms with Crippen molar-refractivity contribution in [3.8, 4) is 5.75 Å². The lowest BCUT2D eigenvalue weighted by molar-refractivity contribution is 0.0694. The molecular weight excluding hydrogens is 258 g/mol. The highest BCUT2D eigenvalue weighted by molar-refractivity contribution is 5.88. The van der Waals surface area contributed by atoms with Gasteiger partial charge in [0.15, 0.2) is 0 Å². The molecule has 1 heterocycles. The van der Waals surface area contributed by atoms with E-state index in [9.17, 15) is 4.79 Å². The van der Waals surface area contributed by atoms with Gasteiger partial charge in [-0.15, -0.1) is 0 Å². The zero-order valence-corrected chi connectivity index (χ0v) is 11.4. The number of carboxylic acids is 1. The van der Waals surface area contributed by atoms with Gasteiger partial charge in [0.2, 0.25) is 0 Å². The number of hydrogen-bond donors (Lipinski definition) is 2. The summed E-state index contributed by atoms with van der Waals surface area (Å²) in [5.74, 6) is 0.214. The number of furan rings is 1. The summed E-state index contributed by atoms with van der Waals surface area (Å²) in [5, 5.41) is 12.1. The molecule has 0 unspecified atom stereocenters. The van der Waals surface area contributed by atoms with Crippen LogP contribution in [-0.2, 0) is 6.54 Å². The Balaban J connectivity index is 1.97. The molecule has 0 bridgehead atoms. The second-order valence-corrected chi connectivity index (χ2v) is 4.61. The third kappa shape index (κ3) is 3.54. The van der Waals surface area contributed by atoms with Crippen LogP contribution in [0.4, 0.5) is 5.69 Å². The van der Waals surface area contributed by atoms with Crippen LogP contribution in [0, 0.1) is 0 Å². The summed E-state index contributed by atoms with van der Waals surface area (Å²) in [6, 6.07) is 8.92. The van der Waals surface area contributed by atoms with Crippen LogP contribution in [0.2, 0.25) is 0 Å². The maximum atomic E-state index is 10.9. The molecule has 0 saturated carbocycles. The topological polar surface area (TPSA) is 71.7 Å². The van der Waals surface area contributed by atoms with Crippen molar-refractivity contribution in [2.75, 3.05) is 5.32 Å². The Morgan fingerprint density at radius 2 is 2.00 bits per heavy atom. The number of aromatic carboxylic acids is 1. The summed E-state index contributed by atoms with van der Waals surface area (Å²) < 4.78 is 10.7. The van der Waals surface area contributed by atoms with Gasteiger partial charge in [-0.1, -0.05) is 0 Å². The van der Waals surface area contributed by atoms with Gasteiger partial charge in [0, 0.05) is 5.69 Å². The minimum Gasteiger partial charge on any atom is -0.491 e. The Morgan fingerprint density at radius 3 is 2.60 bits per heavy atom. The minimum absolute atomic E-state index is 0.134. The Hall–Kier alpha value is -2.43. The molecule has 0 spiro atoms. The fraction of sp³-hybridized carbons (Fsp3) is 0.267. The molecule has 0 amide bonds. The Labute approximate surface area is 117 Å². The normalized spacial score (nSPS) is 10.6. The molecule has 1 aromatic carbocycles. The lowest BCUT2D eigenvalue weighted by atomic mass is 10.2. The third-order valence-electron chi connectivity index (χ3n) is 2.65. The molecular formula is C15H17NO4. The monoisotopic (exact) mass is 275 g/mol. The van der Waals surface area contributed by atoms with Gasteiger partial charge >= 0.3 is 5.97 Å². The molecule has 20 heavy (non-hydrogen) atoms. The molecule has 5 nitrogen and oxygen atoms in total. The van der Waals surface area contributed by atoms with Crippen molar-refractivity contribution in [2.24, 2.45) is 0 Å². The second kappa shape index (κ2) is 6.14. The average Bonchev–Trinajstić information content (AvgIpc) is 2.86. The van der Waals surface area contributed by atoms with Crippen LogP contribution in [0.5, 0.6) is 5.75 Å². The van der Waals surface area contributed by atoms with E-state index in [2.05, 4.69) is 5.32 Å². The second-order valence-electron chi connectivity index (χ2n) is 4.61. The van der Waals surface area contributed by atoms with Gasteiger partial charge in [-0.3, -0.25) is 0 Å². The van der Waals surface area contributed by atoms with E-state index in [1.165, 1.54) is 12.3 Å². The van der Waals surface area contributed by atoms with Crippen molar-refractivity contribution in [1.82, 2.24) is 0 Å². The molecule has 0 aliphatic heterocycles. The molecule has 0 fully saturated rings. The standard InChI is InChI=1S/C15H17NO4/c1-10(2)20-12-5-3-11(4-6-12)16-9-14-13(15(17)18)7-8-19-14/h3-8,10,16H,9H2,1-2H3,(H,17,18). The number of nitrogens with one attached hydrogen (secondary N) is 1. The zero-order valence-electron chi connectivity index (χ0n) is 11.4. The van der Waals surface area contributed by atoms with E-state index >= 15 is 0 Å². The summed E-state index contributed by atoms with van der Waals surface area (Å²) in [7, 11) is 0. The largest absolute Gasteiger partial charge is 0.491 e. The third-order valence-corrected chi connectivity index (χ3v) is 2.65. The van der Waals surface area contributed by atoms with Gasteiger partial charge in [0.1, 0.15) is 17.1 Å². The van der Waals surface area contributed by atoms with E-state index < -0.39 is 5.97 Å². The van der Waals surface area contributed by atoms with Gasteiger partial charge in [0.05, 0.1) is 18.9 Å². The number of rotatable bonds is 6. The summed E-state index contributed by atoms with van der Waals surface area (Å²) in [4.78, 5) is 10.9. The first-order valence-corrected chi connectivity index (χ1v) is 6.36. The highest BCUT2D eigenvalue weighted by Crippen LogP contribution is 2.18. The van der Waals surface area contributed by atoms with E-state index in [1.807, 2.05) is 38.1 Å². The van der Waals surface area contributed by atoms with Crippen molar-refractivity contribution in [3.63, 3.8) is 0 Å².